The normalized spacial score (nSPS) is 10.7. The van der Waals surface area contributed by atoms with Gasteiger partial charge in [0.05, 0.1) is 11.0 Å². The molecular weight excluding hydrogens is 382 g/mol. The first-order valence-electron chi connectivity index (χ1n) is 6.79. The highest BCUT2D eigenvalue weighted by Crippen LogP contribution is 2.16. The lowest BCUT2D eigenvalue weighted by Crippen LogP contribution is -2.14. The average Bonchev–Trinajstić information content (AvgIpc) is 3.05. The Labute approximate surface area is 146 Å². The lowest BCUT2D eigenvalue weighted by Gasteiger charge is -2.03. The molecular formula is C15H13BrClN5O. The number of rotatable bonds is 4. The third-order valence-electron chi connectivity index (χ3n) is 3.12. The Hall–Kier alpha value is -2.12. The van der Waals surface area contributed by atoms with Crippen molar-refractivity contribution in [2.45, 2.75) is 6.54 Å². The van der Waals surface area contributed by atoms with Gasteiger partial charge in [0.15, 0.2) is 11.5 Å². The fourth-order valence-electron chi connectivity index (χ4n) is 2.13. The predicted octanol–water partition coefficient (Wildman–Crippen LogP) is 3.33. The highest BCUT2D eigenvalue weighted by molar-refractivity contribution is 9.10. The highest BCUT2D eigenvalue weighted by atomic mass is 79.9. The van der Waals surface area contributed by atoms with E-state index in [0.717, 1.165) is 5.56 Å². The number of nitrogens with zero attached hydrogens (tertiary/aromatic N) is 4. The van der Waals surface area contributed by atoms with Gasteiger partial charge in [-0.3, -0.25) is 14.2 Å². The highest BCUT2D eigenvalue weighted by Gasteiger charge is 2.15. The zero-order valence-electron chi connectivity index (χ0n) is 12.2. The van der Waals surface area contributed by atoms with E-state index < -0.39 is 0 Å². The van der Waals surface area contributed by atoms with Crippen LogP contribution in [0.2, 0.25) is 5.02 Å². The molecule has 3 rings (SSSR count). The molecule has 0 unspecified atom stereocenters. The van der Waals surface area contributed by atoms with Gasteiger partial charge in [-0.2, -0.15) is 10.2 Å². The quantitative estimate of drug-likeness (QED) is 0.738. The van der Waals surface area contributed by atoms with E-state index in [9.17, 15) is 4.79 Å². The lowest BCUT2D eigenvalue weighted by molar-refractivity contribution is 0.102. The molecule has 0 saturated carbocycles. The zero-order chi connectivity index (χ0) is 16.4. The summed E-state index contributed by atoms with van der Waals surface area (Å²) in [6.07, 6.45) is 3.51. The minimum absolute atomic E-state index is 0.314. The summed E-state index contributed by atoms with van der Waals surface area (Å²) in [6.45, 7) is 0.573. The molecule has 3 aromatic rings. The number of hydrogen-bond donors (Lipinski definition) is 1. The van der Waals surface area contributed by atoms with Crippen LogP contribution < -0.4 is 5.32 Å². The SMILES string of the molecule is Cn1cc(Br)c(C(=O)Nc2ccn(Cc3cccc(Cl)c3)n2)n1. The molecule has 0 bridgehead atoms. The third-order valence-corrected chi connectivity index (χ3v) is 3.93. The van der Waals surface area contributed by atoms with Crippen LogP contribution >= 0.6 is 27.5 Å². The number of nitrogens with one attached hydrogen (secondary N) is 1. The number of carbonyl (C=O) groups excluding carboxylic acids is 1. The van der Waals surface area contributed by atoms with E-state index in [1.807, 2.05) is 24.3 Å². The molecule has 0 aliphatic carbocycles. The Morgan fingerprint density at radius 1 is 1.35 bits per heavy atom. The lowest BCUT2D eigenvalue weighted by atomic mass is 10.2. The van der Waals surface area contributed by atoms with Crippen molar-refractivity contribution in [2.75, 3.05) is 5.32 Å². The molecule has 8 heteroatoms. The number of aryl methyl sites for hydroxylation is 1. The third kappa shape index (κ3) is 3.80. The maximum Gasteiger partial charge on any atom is 0.278 e. The maximum atomic E-state index is 12.2. The average molecular weight is 395 g/mol. The first kappa shape index (κ1) is 15.8. The van der Waals surface area contributed by atoms with Crippen molar-refractivity contribution >= 4 is 39.3 Å². The number of amides is 1. The Morgan fingerprint density at radius 2 is 2.17 bits per heavy atom. The molecule has 6 nitrogen and oxygen atoms in total. The Bertz CT molecular complexity index is 857. The summed E-state index contributed by atoms with van der Waals surface area (Å²) in [4.78, 5) is 12.2. The van der Waals surface area contributed by atoms with Crippen LogP contribution in [0.15, 0.2) is 47.2 Å². The second-order valence-electron chi connectivity index (χ2n) is 4.98. The van der Waals surface area contributed by atoms with Gasteiger partial charge in [0.1, 0.15) is 0 Å². The van der Waals surface area contributed by atoms with Crippen LogP contribution in [0, 0.1) is 0 Å². The minimum Gasteiger partial charge on any atom is -0.304 e. The van der Waals surface area contributed by atoms with Crippen LogP contribution in [-0.4, -0.2) is 25.5 Å². The predicted molar refractivity (Wildman–Crippen MR) is 91.6 cm³/mol. The van der Waals surface area contributed by atoms with E-state index in [1.54, 1.807) is 34.9 Å². The molecule has 0 atom stereocenters. The van der Waals surface area contributed by atoms with Gasteiger partial charge in [-0.1, -0.05) is 23.7 Å². The standard InChI is InChI=1S/C15H13BrClN5O/c1-21-9-12(16)14(20-21)15(23)18-13-5-6-22(19-13)8-10-3-2-4-11(17)7-10/h2-7,9H,8H2,1H3,(H,18,19,23). The molecule has 2 aromatic heterocycles. The Morgan fingerprint density at radius 3 is 2.87 bits per heavy atom. The van der Waals surface area contributed by atoms with Crippen LogP contribution in [0.3, 0.4) is 0 Å². The van der Waals surface area contributed by atoms with Gasteiger partial charge in [-0.25, -0.2) is 0 Å². The van der Waals surface area contributed by atoms with Gasteiger partial charge < -0.3 is 5.32 Å². The molecule has 0 spiro atoms. The second kappa shape index (κ2) is 6.55. The van der Waals surface area contributed by atoms with Crippen LogP contribution in [-0.2, 0) is 13.6 Å². The van der Waals surface area contributed by atoms with E-state index in [4.69, 9.17) is 11.6 Å². The summed E-state index contributed by atoms with van der Waals surface area (Å²) in [7, 11) is 1.75. The Balaban J connectivity index is 1.70. The van der Waals surface area contributed by atoms with Crippen molar-refractivity contribution < 1.29 is 4.79 Å². The first-order valence-corrected chi connectivity index (χ1v) is 7.97. The summed E-state index contributed by atoms with van der Waals surface area (Å²) in [5, 5.41) is 11.8. The number of hydrogen-bond acceptors (Lipinski definition) is 3. The smallest absolute Gasteiger partial charge is 0.278 e. The van der Waals surface area contributed by atoms with Crippen molar-refractivity contribution in [3.8, 4) is 0 Å². The Kier molecular flexibility index (Phi) is 4.49. The molecule has 0 aliphatic heterocycles. The molecule has 0 saturated heterocycles. The molecule has 0 fully saturated rings. The van der Waals surface area contributed by atoms with Gasteiger partial charge in [0, 0.05) is 30.5 Å². The van der Waals surface area contributed by atoms with Gasteiger partial charge in [0.25, 0.3) is 5.91 Å². The van der Waals surface area contributed by atoms with Crippen molar-refractivity contribution in [3.05, 3.63) is 63.5 Å². The monoisotopic (exact) mass is 393 g/mol. The summed E-state index contributed by atoms with van der Waals surface area (Å²) < 4.78 is 3.93. The first-order chi connectivity index (χ1) is 11.0. The molecule has 118 valence electrons. The summed E-state index contributed by atoms with van der Waals surface area (Å²) in [5.74, 6) is 0.153. The number of benzene rings is 1. The van der Waals surface area contributed by atoms with Crippen molar-refractivity contribution in [1.82, 2.24) is 19.6 Å². The van der Waals surface area contributed by atoms with E-state index in [1.165, 1.54) is 0 Å². The number of halogens is 2. The fraction of sp³-hybridized carbons (Fsp3) is 0.133. The summed E-state index contributed by atoms with van der Waals surface area (Å²) in [5.41, 5.74) is 1.35. The van der Waals surface area contributed by atoms with Crippen LogP contribution in [0.4, 0.5) is 5.82 Å². The van der Waals surface area contributed by atoms with Gasteiger partial charge >= 0.3 is 0 Å². The summed E-state index contributed by atoms with van der Waals surface area (Å²) >= 11 is 9.27. The van der Waals surface area contributed by atoms with E-state index in [2.05, 4.69) is 31.4 Å². The molecule has 0 radical (unpaired) electrons. The topological polar surface area (TPSA) is 64.7 Å². The van der Waals surface area contributed by atoms with E-state index >= 15 is 0 Å². The van der Waals surface area contributed by atoms with Gasteiger partial charge in [-0.15, -0.1) is 0 Å². The minimum atomic E-state index is -0.314. The summed E-state index contributed by atoms with van der Waals surface area (Å²) in [6, 6.07) is 9.30. The molecule has 1 N–H and O–H groups in total. The largest absolute Gasteiger partial charge is 0.304 e. The number of carbonyl (C=O) groups is 1. The van der Waals surface area contributed by atoms with Crippen molar-refractivity contribution in [3.63, 3.8) is 0 Å². The molecule has 0 aliphatic rings. The molecule has 1 amide bonds. The molecule has 2 heterocycles. The van der Waals surface area contributed by atoms with E-state index in [-0.39, 0.29) is 5.91 Å². The zero-order valence-corrected chi connectivity index (χ0v) is 14.5. The second-order valence-corrected chi connectivity index (χ2v) is 6.27. The van der Waals surface area contributed by atoms with Crippen LogP contribution in [0.25, 0.3) is 0 Å². The van der Waals surface area contributed by atoms with Crippen LogP contribution in [0.1, 0.15) is 16.1 Å². The number of aromatic nitrogens is 4. The van der Waals surface area contributed by atoms with Crippen molar-refractivity contribution in [1.29, 1.82) is 0 Å². The van der Waals surface area contributed by atoms with E-state index in [0.29, 0.717) is 27.6 Å². The maximum absolute atomic E-state index is 12.2. The molecule has 1 aromatic carbocycles. The fourth-order valence-corrected chi connectivity index (χ4v) is 2.90. The molecule has 23 heavy (non-hydrogen) atoms. The number of anilines is 1. The van der Waals surface area contributed by atoms with Gasteiger partial charge in [-0.05, 0) is 33.6 Å². The van der Waals surface area contributed by atoms with Crippen molar-refractivity contribution in [2.24, 2.45) is 7.05 Å². The van der Waals surface area contributed by atoms with Gasteiger partial charge in [0.2, 0.25) is 0 Å². The van der Waals surface area contributed by atoms with Crippen LogP contribution in [0.5, 0.6) is 0 Å².